The van der Waals surface area contributed by atoms with Gasteiger partial charge in [0.25, 0.3) is 6.43 Å². The molecule has 0 radical (unpaired) electrons. The summed E-state index contributed by atoms with van der Waals surface area (Å²) in [5.74, 6) is 0. The average molecular weight is 598 g/mol. The molecule has 4 rings (SSSR count). The first-order valence-electron chi connectivity index (χ1n) is 14.1. The van der Waals surface area contributed by atoms with Crippen LogP contribution in [0, 0.1) is 35.0 Å². The highest BCUT2D eigenvalue weighted by molar-refractivity contribution is 5.99. The van der Waals surface area contributed by atoms with Crippen molar-refractivity contribution in [3.8, 4) is 12.1 Å². The quantitative estimate of drug-likeness (QED) is 0.189. The van der Waals surface area contributed by atoms with Crippen LogP contribution in [0.5, 0.6) is 0 Å². The second kappa shape index (κ2) is 12.7. The molecule has 1 aromatic heterocycles. The third-order valence-electron chi connectivity index (χ3n) is 7.39. The van der Waals surface area contributed by atoms with E-state index in [0.717, 1.165) is 16.7 Å². The second-order valence-electron chi connectivity index (χ2n) is 12.4. The molecule has 1 atom stereocenters. The molecule has 0 saturated heterocycles. The van der Waals surface area contributed by atoms with E-state index in [9.17, 15) is 19.3 Å². The molecule has 3 aromatic rings. The second-order valence-corrected chi connectivity index (χ2v) is 12.4. The van der Waals surface area contributed by atoms with Crippen LogP contribution in [0.3, 0.4) is 0 Å². The molecular weight excluding hydrogens is 560 g/mol. The minimum atomic E-state index is -2.63. The zero-order valence-electron chi connectivity index (χ0n) is 25.8. The Kier molecular flexibility index (Phi) is 9.22. The number of aliphatic imine (C=N–C) groups is 1. The molecule has 4 N–H and O–H groups in total. The summed E-state index contributed by atoms with van der Waals surface area (Å²) in [6.07, 6.45) is 3.89. The SMILES string of the molecule is C=N/C=C\c1c(C)cccc1[C@H](Nc1cc(C#N)c2ncc(C#N)c(NCC(C)(C)C)c2c1)C1=CN(C(C)(C)C(F)F)NN1. The Balaban J connectivity index is 1.92. The predicted molar refractivity (Wildman–Crippen MR) is 172 cm³/mol. The van der Waals surface area contributed by atoms with E-state index < -0.39 is 18.0 Å². The molecule has 44 heavy (non-hydrogen) atoms. The van der Waals surface area contributed by atoms with Crippen LogP contribution in [0.15, 0.2) is 59.6 Å². The third kappa shape index (κ3) is 6.64. The Morgan fingerprint density at radius 3 is 2.50 bits per heavy atom. The fourth-order valence-electron chi connectivity index (χ4n) is 4.79. The normalized spacial score (nSPS) is 14.2. The van der Waals surface area contributed by atoms with Gasteiger partial charge in [-0.1, -0.05) is 39.0 Å². The molecule has 11 heteroatoms. The molecule has 9 nitrogen and oxygen atoms in total. The van der Waals surface area contributed by atoms with Crippen LogP contribution in [0.1, 0.15) is 68.5 Å². The van der Waals surface area contributed by atoms with Crippen LogP contribution in [-0.4, -0.2) is 35.2 Å². The van der Waals surface area contributed by atoms with Crippen LogP contribution >= 0.6 is 0 Å². The number of pyridine rings is 1. The maximum absolute atomic E-state index is 13.9. The maximum atomic E-state index is 13.9. The van der Waals surface area contributed by atoms with Gasteiger partial charge in [0.05, 0.1) is 34.1 Å². The van der Waals surface area contributed by atoms with E-state index in [1.807, 2.05) is 37.3 Å². The summed E-state index contributed by atoms with van der Waals surface area (Å²) >= 11 is 0. The molecule has 0 fully saturated rings. The lowest BCUT2D eigenvalue weighted by atomic mass is 9.93. The fraction of sp³-hybridized carbons (Fsp3) is 0.333. The third-order valence-corrected chi connectivity index (χ3v) is 7.39. The van der Waals surface area contributed by atoms with Crippen molar-refractivity contribution in [3.05, 3.63) is 82.4 Å². The molecule has 1 aliphatic rings. The van der Waals surface area contributed by atoms with Gasteiger partial charge in [0.1, 0.15) is 17.7 Å². The van der Waals surface area contributed by atoms with Gasteiger partial charge in [-0.2, -0.15) is 10.5 Å². The van der Waals surface area contributed by atoms with Crippen molar-refractivity contribution < 1.29 is 8.78 Å². The number of benzene rings is 2. The maximum Gasteiger partial charge on any atom is 0.262 e. The molecule has 0 saturated carbocycles. The van der Waals surface area contributed by atoms with Crippen molar-refractivity contribution in [1.29, 1.82) is 10.5 Å². The summed E-state index contributed by atoms with van der Waals surface area (Å²) in [5.41, 5.74) is 9.88. The number of nitrogens with one attached hydrogen (secondary N) is 4. The van der Waals surface area contributed by atoms with Gasteiger partial charge < -0.3 is 16.1 Å². The molecule has 0 amide bonds. The Morgan fingerprint density at radius 2 is 1.86 bits per heavy atom. The topological polar surface area (TPSA) is 124 Å². The van der Waals surface area contributed by atoms with Crippen LogP contribution in [0.4, 0.5) is 20.2 Å². The lowest BCUT2D eigenvalue weighted by Gasteiger charge is -2.33. The van der Waals surface area contributed by atoms with E-state index in [2.05, 4.69) is 71.2 Å². The highest BCUT2D eigenvalue weighted by Crippen LogP contribution is 2.37. The lowest BCUT2D eigenvalue weighted by Crippen LogP contribution is -2.53. The van der Waals surface area contributed by atoms with Gasteiger partial charge >= 0.3 is 0 Å². The van der Waals surface area contributed by atoms with Crippen molar-refractivity contribution in [3.63, 3.8) is 0 Å². The molecular formula is C33H37F2N9. The van der Waals surface area contributed by atoms with Gasteiger partial charge in [-0.3, -0.25) is 15.0 Å². The Morgan fingerprint density at radius 1 is 1.14 bits per heavy atom. The zero-order chi connectivity index (χ0) is 32.2. The van der Waals surface area contributed by atoms with Gasteiger partial charge in [-0.05, 0) is 67.8 Å². The smallest absolute Gasteiger partial charge is 0.262 e. The summed E-state index contributed by atoms with van der Waals surface area (Å²) in [4.78, 5) is 8.32. The zero-order valence-corrected chi connectivity index (χ0v) is 25.8. The minimum absolute atomic E-state index is 0.0811. The first-order valence-corrected chi connectivity index (χ1v) is 14.1. The highest BCUT2D eigenvalue weighted by Gasteiger charge is 2.38. The van der Waals surface area contributed by atoms with Gasteiger partial charge in [0.15, 0.2) is 0 Å². The number of aromatic nitrogens is 1. The fourth-order valence-corrected chi connectivity index (χ4v) is 4.79. The van der Waals surface area contributed by atoms with Gasteiger partial charge in [-0.25, -0.2) is 8.78 Å². The number of rotatable bonds is 10. The minimum Gasteiger partial charge on any atom is -0.383 e. The van der Waals surface area contributed by atoms with E-state index in [4.69, 9.17) is 0 Å². The van der Waals surface area contributed by atoms with E-state index >= 15 is 0 Å². The number of nitriles is 2. The van der Waals surface area contributed by atoms with Crippen molar-refractivity contribution >= 4 is 35.1 Å². The molecule has 0 spiro atoms. The van der Waals surface area contributed by atoms with Crippen molar-refractivity contribution in [2.24, 2.45) is 10.4 Å². The molecule has 228 valence electrons. The van der Waals surface area contributed by atoms with Crippen molar-refractivity contribution in [2.45, 2.75) is 59.5 Å². The summed E-state index contributed by atoms with van der Waals surface area (Å²) in [6, 6.07) is 13.2. The molecule has 2 aromatic carbocycles. The standard InChI is InChI=1S/C33H37F2N9/c1-20-9-8-10-25(24(20)11-12-38-7)30(27-18-44(43-42-27)33(5,6)31(34)35)41-23-13-21(15-36)28-26(14-23)29(22(16-37)17-39-28)40-19-32(2,3)4/h8-14,17-18,30-31,41-43H,7,19H2,1-6H3,(H,39,40)/b12-11-/t30-/m0/s1. The van der Waals surface area contributed by atoms with Gasteiger partial charge in [0, 0.05) is 36.2 Å². The number of halogens is 2. The van der Waals surface area contributed by atoms with E-state index in [-0.39, 0.29) is 5.41 Å². The Bertz CT molecular complexity index is 1710. The van der Waals surface area contributed by atoms with E-state index in [1.54, 1.807) is 18.5 Å². The first-order chi connectivity index (χ1) is 20.8. The van der Waals surface area contributed by atoms with Crippen LogP contribution in [-0.2, 0) is 0 Å². The Labute approximate surface area is 256 Å². The number of hydrazine groups is 2. The summed E-state index contributed by atoms with van der Waals surface area (Å²) in [5, 5.41) is 28.9. The highest BCUT2D eigenvalue weighted by atomic mass is 19.3. The van der Waals surface area contributed by atoms with E-state index in [0.29, 0.717) is 45.6 Å². The predicted octanol–water partition coefficient (Wildman–Crippen LogP) is 6.78. The van der Waals surface area contributed by atoms with Crippen molar-refractivity contribution in [2.75, 3.05) is 17.2 Å². The number of nitrogens with zero attached hydrogens (tertiary/aromatic N) is 5. The van der Waals surface area contributed by atoms with E-state index in [1.165, 1.54) is 25.1 Å². The number of anilines is 2. The number of hydrogen-bond donors (Lipinski definition) is 4. The Hall–Kier alpha value is -5.00. The monoisotopic (exact) mass is 597 g/mol. The first kappa shape index (κ1) is 31.9. The molecule has 2 heterocycles. The van der Waals surface area contributed by atoms with Crippen LogP contribution < -0.4 is 21.6 Å². The lowest BCUT2D eigenvalue weighted by molar-refractivity contribution is -0.0311. The molecule has 0 unspecified atom stereocenters. The number of aryl methyl sites for hydroxylation is 1. The average Bonchev–Trinajstić information content (AvgIpc) is 3.48. The molecule has 0 aliphatic carbocycles. The van der Waals surface area contributed by atoms with Crippen LogP contribution in [0.25, 0.3) is 17.0 Å². The summed E-state index contributed by atoms with van der Waals surface area (Å²) in [6.45, 7) is 15.2. The van der Waals surface area contributed by atoms with Crippen LogP contribution in [0.2, 0.25) is 0 Å². The number of fused-ring (bicyclic) bond motifs is 1. The largest absolute Gasteiger partial charge is 0.383 e. The number of alkyl halides is 2. The number of hydrogen-bond acceptors (Lipinski definition) is 9. The molecule has 0 bridgehead atoms. The van der Waals surface area contributed by atoms with Crippen molar-refractivity contribution in [1.82, 2.24) is 21.0 Å². The van der Waals surface area contributed by atoms with Gasteiger partial charge in [-0.15, -0.1) is 5.53 Å². The summed E-state index contributed by atoms with van der Waals surface area (Å²) < 4.78 is 27.9. The molecule has 1 aliphatic heterocycles. The van der Waals surface area contributed by atoms with Gasteiger partial charge in [0.2, 0.25) is 0 Å². The summed E-state index contributed by atoms with van der Waals surface area (Å²) in [7, 11) is 0.